The smallest absolute Gasteiger partial charge is 0.112 e. The van der Waals surface area contributed by atoms with Crippen molar-refractivity contribution in [2.45, 2.75) is 12.5 Å². The van der Waals surface area contributed by atoms with Crippen LogP contribution in [0.1, 0.15) is 6.92 Å². The summed E-state index contributed by atoms with van der Waals surface area (Å²) in [6.07, 6.45) is 0. The van der Waals surface area contributed by atoms with Gasteiger partial charge in [-0.1, -0.05) is 0 Å². The third-order valence-corrected chi connectivity index (χ3v) is 2.22. The number of hydrogen-bond acceptors (Lipinski definition) is 5. The first-order chi connectivity index (χ1) is 7.77. The van der Waals surface area contributed by atoms with Crippen molar-refractivity contribution < 1.29 is 23.7 Å². The lowest BCUT2D eigenvalue weighted by Crippen LogP contribution is -2.17. The molecule has 0 N–H and O–H groups in total. The molecule has 16 heavy (non-hydrogen) atoms. The molecule has 0 aromatic heterocycles. The van der Waals surface area contributed by atoms with Crippen molar-refractivity contribution >= 4 is 0 Å². The van der Waals surface area contributed by atoms with Crippen LogP contribution >= 0.6 is 0 Å². The molecule has 0 aliphatic carbocycles. The zero-order valence-corrected chi connectivity index (χ0v) is 10.2. The fourth-order valence-electron chi connectivity index (χ4n) is 1.08. The van der Waals surface area contributed by atoms with Gasteiger partial charge in [0.05, 0.1) is 52.9 Å². The predicted molar refractivity (Wildman–Crippen MR) is 58.7 cm³/mol. The molecule has 5 heteroatoms. The van der Waals surface area contributed by atoms with Gasteiger partial charge in [0.15, 0.2) is 0 Å². The standard InChI is InChI=1S/C11H22O5/c1-11(10-16-11)9-15-8-7-14-6-5-13-4-3-12-2/h3-10H2,1-2H3. The van der Waals surface area contributed by atoms with E-state index >= 15 is 0 Å². The number of hydrogen-bond donors (Lipinski definition) is 0. The van der Waals surface area contributed by atoms with E-state index in [1.807, 2.05) is 6.92 Å². The summed E-state index contributed by atoms with van der Waals surface area (Å²) in [6.45, 7) is 7.15. The summed E-state index contributed by atoms with van der Waals surface area (Å²) in [6, 6.07) is 0. The summed E-state index contributed by atoms with van der Waals surface area (Å²) in [4.78, 5) is 0. The van der Waals surface area contributed by atoms with Crippen LogP contribution < -0.4 is 0 Å². The maximum absolute atomic E-state index is 5.39. The molecule has 96 valence electrons. The molecule has 1 heterocycles. The molecule has 1 fully saturated rings. The van der Waals surface area contributed by atoms with Crippen molar-refractivity contribution in [2.24, 2.45) is 0 Å². The quantitative estimate of drug-likeness (QED) is 0.384. The van der Waals surface area contributed by atoms with Crippen molar-refractivity contribution in [1.82, 2.24) is 0 Å². The Morgan fingerprint density at radius 2 is 1.44 bits per heavy atom. The van der Waals surface area contributed by atoms with Crippen LogP contribution in [0.3, 0.4) is 0 Å². The van der Waals surface area contributed by atoms with Gasteiger partial charge in [-0.15, -0.1) is 0 Å². The van der Waals surface area contributed by atoms with Crippen LogP contribution in [0, 0.1) is 0 Å². The van der Waals surface area contributed by atoms with Crippen LogP contribution in [-0.4, -0.2) is 65.6 Å². The molecule has 0 amide bonds. The lowest BCUT2D eigenvalue weighted by atomic mass is 10.2. The Bertz CT molecular complexity index is 170. The fourth-order valence-corrected chi connectivity index (χ4v) is 1.08. The third kappa shape index (κ3) is 7.14. The summed E-state index contributed by atoms with van der Waals surface area (Å²) in [5, 5.41) is 0. The van der Waals surface area contributed by atoms with Gasteiger partial charge in [0.2, 0.25) is 0 Å². The SMILES string of the molecule is COCCOCCOCCOCC1(C)CO1. The molecule has 0 aromatic carbocycles. The van der Waals surface area contributed by atoms with Crippen LogP contribution in [0.5, 0.6) is 0 Å². The first kappa shape index (κ1) is 13.9. The van der Waals surface area contributed by atoms with E-state index in [1.54, 1.807) is 7.11 Å². The van der Waals surface area contributed by atoms with E-state index < -0.39 is 0 Å². The molecule has 0 aromatic rings. The van der Waals surface area contributed by atoms with Crippen molar-refractivity contribution in [3.63, 3.8) is 0 Å². The van der Waals surface area contributed by atoms with Gasteiger partial charge in [-0.2, -0.15) is 0 Å². The summed E-state index contributed by atoms with van der Waals surface area (Å²) in [7, 11) is 1.65. The second kappa shape index (κ2) is 7.97. The number of epoxide rings is 1. The lowest BCUT2D eigenvalue weighted by molar-refractivity contribution is -0.00312. The molecule has 1 rings (SSSR count). The van der Waals surface area contributed by atoms with E-state index in [-0.39, 0.29) is 5.60 Å². The summed E-state index contributed by atoms with van der Waals surface area (Å²) < 4.78 is 26.0. The highest BCUT2D eigenvalue weighted by Crippen LogP contribution is 2.25. The molecule has 1 aliphatic rings. The zero-order chi connectivity index (χ0) is 11.7. The van der Waals surface area contributed by atoms with Crippen molar-refractivity contribution in [3.05, 3.63) is 0 Å². The Morgan fingerprint density at radius 1 is 0.938 bits per heavy atom. The Hall–Kier alpha value is -0.200. The van der Waals surface area contributed by atoms with Crippen LogP contribution in [0.2, 0.25) is 0 Å². The highest BCUT2D eigenvalue weighted by molar-refractivity contribution is 4.86. The van der Waals surface area contributed by atoms with Crippen LogP contribution in [-0.2, 0) is 23.7 Å². The van der Waals surface area contributed by atoms with Gasteiger partial charge in [-0.05, 0) is 6.92 Å². The van der Waals surface area contributed by atoms with Crippen molar-refractivity contribution in [3.8, 4) is 0 Å². The number of ether oxygens (including phenoxy) is 5. The maximum atomic E-state index is 5.39. The summed E-state index contributed by atoms with van der Waals surface area (Å²) in [5.74, 6) is 0. The molecule has 0 bridgehead atoms. The molecule has 0 spiro atoms. The third-order valence-electron chi connectivity index (χ3n) is 2.22. The first-order valence-electron chi connectivity index (χ1n) is 5.63. The Labute approximate surface area is 97.0 Å². The van der Waals surface area contributed by atoms with Gasteiger partial charge in [-0.3, -0.25) is 0 Å². The monoisotopic (exact) mass is 234 g/mol. The topological polar surface area (TPSA) is 49.5 Å². The molecule has 1 aliphatic heterocycles. The average Bonchev–Trinajstić information content (AvgIpc) is 3.00. The Balaban J connectivity index is 1.68. The van der Waals surface area contributed by atoms with Gasteiger partial charge in [0.1, 0.15) is 5.60 Å². The van der Waals surface area contributed by atoms with Gasteiger partial charge < -0.3 is 23.7 Å². The Kier molecular flexibility index (Phi) is 6.91. The Morgan fingerprint density at radius 3 is 1.94 bits per heavy atom. The molecule has 1 unspecified atom stereocenters. The second-order valence-corrected chi connectivity index (χ2v) is 4.01. The normalized spacial score (nSPS) is 23.6. The van der Waals surface area contributed by atoms with Gasteiger partial charge in [-0.25, -0.2) is 0 Å². The lowest BCUT2D eigenvalue weighted by Gasteiger charge is -2.08. The second-order valence-electron chi connectivity index (χ2n) is 4.01. The van der Waals surface area contributed by atoms with Crippen LogP contribution in [0.15, 0.2) is 0 Å². The highest BCUT2D eigenvalue weighted by atomic mass is 16.6. The number of rotatable bonds is 11. The molecule has 5 nitrogen and oxygen atoms in total. The minimum absolute atomic E-state index is 0.0245. The van der Waals surface area contributed by atoms with E-state index in [0.29, 0.717) is 46.2 Å². The van der Waals surface area contributed by atoms with E-state index in [9.17, 15) is 0 Å². The van der Waals surface area contributed by atoms with E-state index in [2.05, 4.69) is 0 Å². The maximum Gasteiger partial charge on any atom is 0.112 e. The summed E-state index contributed by atoms with van der Waals surface area (Å²) in [5.41, 5.74) is -0.0245. The number of methoxy groups -OCH3 is 1. The van der Waals surface area contributed by atoms with Gasteiger partial charge in [0, 0.05) is 7.11 Å². The molecule has 1 saturated heterocycles. The van der Waals surface area contributed by atoms with Crippen molar-refractivity contribution in [2.75, 3.05) is 60.0 Å². The molecular weight excluding hydrogens is 212 g/mol. The fraction of sp³-hybridized carbons (Fsp3) is 1.00. The highest BCUT2D eigenvalue weighted by Gasteiger charge is 2.39. The molecule has 1 atom stereocenters. The zero-order valence-electron chi connectivity index (χ0n) is 10.2. The minimum atomic E-state index is -0.0245. The molecule has 0 saturated carbocycles. The minimum Gasteiger partial charge on any atom is -0.382 e. The summed E-state index contributed by atoms with van der Waals surface area (Å²) >= 11 is 0. The molecular formula is C11H22O5. The molecule has 0 radical (unpaired) electrons. The van der Waals surface area contributed by atoms with Crippen LogP contribution in [0.25, 0.3) is 0 Å². The van der Waals surface area contributed by atoms with E-state index in [0.717, 1.165) is 6.61 Å². The van der Waals surface area contributed by atoms with Gasteiger partial charge >= 0.3 is 0 Å². The van der Waals surface area contributed by atoms with Crippen molar-refractivity contribution in [1.29, 1.82) is 0 Å². The predicted octanol–water partition coefficient (Wildman–Crippen LogP) is 0.471. The first-order valence-corrected chi connectivity index (χ1v) is 5.63. The van der Waals surface area contributed by atoms with Crippen LogP contribution in [0.4, 0.5) is 0 Å². The average molecular weight is 234 g/mol. The van der Waals surface area contributed by atoms with E-state index in [4.69, 9.17) is 23.7 Å². The van der Waals surface area contributed by atoms with Gasteiger partial charge in [0.25, 0.3) is 0 Å². The largest absolute Gasteiger partial charge is 0.382 e. The van der Waals surface area contributed by atoms with E-state index in [1.165, 1.54) is 0 Å².